The van der Waals surface area contributed by atoms with Crippen molar-refractivity contribution in [3.63, 3.8) is 0 Å². The second-order valence-electron chi connectivity index (χ2n) is 30.7. The number of amides is 7. The van der Waals surface area contributed by atoms with E-state index in [2.05, 4.69) is 60.4 Å². The average Bonchev–Trinajstić information content (AvgIpc) is 1.83. The molecule has 2 saturated heterocycles. The SMILES string of the molecule is C.CC[C@H](C)[C@@H](C)[C@@H](O)CC(=O)N[C@H](C(=O)N[C@@H](CC(C)C)C(=O)N1CCC[C@H]1C(=O)OCc1ccccc1)C(C)C.CC[C@H](C)[C@@H](NC(=O)OC(C)(C)C)[C@H](CC(=O)N[C@H](C(=O)N[C@@H](CC(C)C)C(=O)N1CCC[C@H]1C(=O)OCc1ccccc1)C(C)C)O[Si](C)(C)C(C)(C)C. The van der Waals surface area contributed by atoms with Gasteiger partial charge >= 0.3 is 18.0 Å². The Hall–Kier alpha value is -6.39. The summed E-state index contributed by atoms with van der Waals surface area (Å²) in [5.74, 6) is -3.64. The Kier molecular flexibility index (Phi) is 36.3. The number of nitrogens with one attached hydrogen (secondary N) is 5. The molecular formula is C75H127N7O14Si. The summed E-state index contributed by atoms with van der Waals surface area (Å²) in [5.41, 5.74) is 1.00. The molecule has 550 valence electrons. The number of ether oxygens (including phenoxy) is 3. The number of alkyl carbamates (subject to hydrolysis) is 1. The average molecular weight is 1380 g/mol. The van der Waals surface area contributed by atoms with E-state index in [1.54, 1.807) is 20.8 Å². The Labute approximate surface area is 583 Å². The predicted octanol–water partition coefficient (Wildman–Crippen LogP) is 11.6. The van der Waals surface area contributed by atoms with E-state index in [9.17, 15) is 48.3 Å². The second-order valence-corrected chi connectivity index (χ2v) is 35.5. The first kappa shape index (κ1) is 86.7. The number of nitrogens with zero attached hydrogens (tertiary/aromatic N) is 2. The second kappa shape index (κ2) is 40.6. The van der Waals surface area contributed by atoms with Gasteiger partial charge in [0.15, 0.2) is 8.32 Å². The van der Waals surface area contributed by atoms with Gasteiger partial charge < -0.3 is 60.1 Å². The van der Waals surface area contributed by atoms with Crippen molar-refractivity contribution < 1.29 is 66.9 Å². The zero-order chi connectivity index (χ0) is 72.6. The minimum absolute atomic E-state index is 0. The molecule has 21 nitrogen and oxygen atoms in total. The molecule has 4 rings (SSSR count). The Bertz CT molecular complexity index is 2790. The lowest BCUT2D eigenvalue weighted by molar-refractivity contribution is -0.155. The first-order valence-electron chi connectivity index (χ1n) is 35.3. The van der Waals surface area contributed by atoms with Crippen molar-refractivity contribution in [2.75, 3.05) is 13.1 Å². The number of aliphatic hydroxyl groups is 1. The molecule has 0 spiro atoms. The number of carbonyl (C=O) groups is 9. The number of rotatable bonds is 33. The zero-order valence-electron chi connectivity index (χ0n) is 62.1. The highest BCUT2D eigenvalue weighted by atomic mass is 28.4. The maximum atomic E-state index is 14.1. The Morgan fingerprint density at radius 3 is 1.31 bits per heavy atom. The highest BCUT2D eigenvalue weighted by Gasteiger charge is 2.45. The van der Waals surface area contributed by atoms with Crippen LogP contribution in [0.5, 0.6) is 0 Å². The van der Waals surface area contributed by atoms with Gasteiger partial charge in [0.05, 0.1) is 31.1 Å². The van der Waals surface area contributed by atoms with Crippen LogP contribution in [0.1, 0.15) is 214 Å². The molecule has 2 aliphatic rings. The van der Waals surface area contributed by atoms with Gasteiger partial charge in [-0.1, -0.05) is 192 Å². The van der Waals surface area contributed by atoms with Crippen molar-refractivity contribution in [1.29, 1.82) is 0 Å². The molecule has 97 heavy (non-hydrogen) atoms. The van der Waals surface area contributed by atoms with Crippen molar-refractivity contribution in [3.8, 4) is 0 Å². The number of carbonyl (C=O) groups excluding carboxylic acids is 9. The van der Waals surface area contributed by atoms with Gasteiger partial charge in [-0.25, -0.2) is 14.4 Å². The maximum absolute atomic E-state index is 14.1. The van der Waals surface area contributed by atoms with Gasteiger partial charge in [-0.3, -0.25) is 28.8 Å². The third kappa shape index (κ3) is 28.8. The normalized spacial score (nSPS) is 18.1. The predicted molar refractivity (Wildman–Crippen MR) is 384 cm³/mol. The van der Waals surface area contributed by atoms with E-state index in [4.69, 9.17) is 18.6 Å². The van der Waals surface area contributed by atoms with Gasteiger partial charge in [0.2, 0.25) is 35.4 Å². The maximum Gasteiger partial charge on any atom is 0.407 e. The van der Waals surface area contributed by atoms with Crippen molar-refractivity contribution >= 4 is 61.8 Å². The number of likely N-dealkylation sites (tertiary alicyclic amines) is 2. The molecule has 2 aromatic carbocycles. The smallest absolute Gasteiger partial charge is 0.407 e. The number of esters is 2. The van der Waals surface area contributed by atoms with Gasteiger partial charge in [-0.15, -0.1) is 0 Å². The fraction of sp³-hybridized carbons (Fsp3) is 0.720. The minimum atomic E-state index is -2.46. The highest BCUT2D eigenvalue weighted by molar-refractivity contribution is 6.74. The fourth-order valence-corrected chi connectivity index (χ4v) is 12.8. The standard InChI is InChI=1S/C42H72N4O8Si.C32H51N3O6.CH4/c1-15-29(6)36(45-40(51)53-41(7,8)9)33(54-55(13,14)42(10,11)12)25-34(47)44-35(28(4)5)37(48)43-31(24-27(2)3)38(49)46-23-19-22-32(46)39(50)52-26-30-20-17-16-18-21-30;1-8-22(6)23(7)27(36)18-28(37)34-29(21(4)5)30(38)33-25(17-20(2)3)31(39)35-16-12-15-26(35)32(40)41-19-24-13-10-9-11-14-24;/h16-18,20-21,27-29,31-33,35-36H,15,19,22-26H2,1-14H3,(H,43,48)(H,44,47)(H,45,51);9-11,13-14,20-23,25-27,29,36H,8,12,15-19H2,1-7H3,(H,33,38)(H,34,37);1H4/t29-,31-,32-,33-,35-,36+;22-,23+,25-,26-,27-,29-;/m00./s1. The van der Waals surface area contributed by atoms with Crippen molar-refractivity contribution in [2.45, 2.75) is 295 Å². The van der Waals surface area contributed by atoms with Crippen LogP contribution in [0, 0.1) is 41.4 Å². The number of benzene rings is 2. The number of aliphatic hydroxyl groups excluding tert-OH is 1. The van der Waals surface area contributed by atoms with Crippen LogP contribution in [0.4, 0.5) is 4.79 Å². The van der Waals surface area contributed by atoms with E-state index >= 15 is 0 Å². The van der Waals surface area contributed by atoms with E-state index in [0.717, 1.165) is 17.5 Å². The third-order valence-electron chi connectivity index (χ3n) is 18.8. The summed E-state index contributed by atoms with van der Waals surface area (Å²) < 4.78 is 23.6. The van der Waals surface area contributed by atoms with Gasteiger partial charge in [0.1, 0.15) is 55.1 Å². The van der Waals surface area contributed by atoms with Crippen LogP contribution in [-0.2, 0) is 70.2 Å². The Morgan fingerprint density at radius 1 is 0.567 bits per heavy atom. The summed E-state index contributed by atoms with van der Waals surface area (Å²) in [6.45, 7) is 42.1. The summed E-state index contributed by atoms with van der Waals surface area (Å²) in [4.78, 5) is 124. The van der Waals surface area contributed by atoms with E-state index in [1.165, 1.54) is 9.80 Å². The number of hydrogen-bond donors (Lipinski definition) is 6. The minimum Gasteiger partial charge on any atom is -0.459 e. The lowest BCUT2D eigenvalue weighted by atomic mass is 9.87. The lowest BCUT2D eigenvalue weighted by Crippen LogP contribution is -2.58. The highest BCUT2D eigenvalue weighted by Crippen LogP contribution is 2.39. The van der Waals surface area contributed by atoms with Crippen LogP contribution < -0.4 is 26.6 Å². The monoisotopic (exact) mass is 1380 g/mol. The van der Waals surface area contributed by atoms with Crippen LogP contribution >= 0.6 is 0 Å². The van der Waals surface area contributed by atoms with Crippen LogP contribution in [0.3, 0.4) is 0 Å². The topological polar surface area (TPSA) is 277 Å². The molecule has 12 atom stereocenters. The van der Waals surface area contributed by atoms with Gasteiger partial charge in [0.25, 0.3) is 0 Å². The van der Waals surface area contributed by atoms with E-state index < -0.39 is 110 Å². The molecule has 2 aliphatic heterocycles. The molecule has 0 bridgehead atoms. The van der Waals surface area contributed by atoms with Crippen LogP contribution in [-0.4, -0.2) is 150 Å². The molecule has 7 amide bonds. The van der Waals surface area contributed by atoms with Crippen molar-refractivity contribution in [3.05, 3.63) is 71.8 Å². The van der Waals surface area contributed by atoms with Crippen molar-refractivity contribution in [1.82, 2.24) is 36.4 Å². The van der Waals surface area contributed by atoms with E-state index in [1.807, 2.05) is 151 Å². The number of hydrogen-bond acceptors (Lipinski definition) is 14. The van der Waals surface area contributed by atoms with E-state index in [-0.39, 0.29) is 91.8 Å². The Balaban J connectivity index is 0.000000681. The van der Waals surface area contributed by atoms with Crippen LogP contribution in [0.2, 0.25) is 18.1 Å². The largest absolute Gasteiger partial charge is 0.459 e. The third-order valence-corrected chi connectivity index (χ3v) is 23.3. The molecule has 0 saturated carbocycles. The van der Waals surface area contributed by atoms with Crippen LogP contribution in [0.15, 0.2) is 60.7 Å². The van der Waals surface area contributed by atoms with Crippen molar-refractivity contribution in [2.24, 2.45) is 41.4 Å². The quantitative estimate of drug-likeness (QED) is 0.0220. The Morgan fingerprint density at radius 2 is 0.959 bits per heavy atom. The molecule has 2 aromatic rings. The summed E-state index contributed by atoms with van der Waals surface area (Å²) in [7, 11) is -2.46. The molecular weight excluding hydrogens is 1250 g/mol. The first-order valence-corrected chi connectivity index (χ1v) is 38.2. The first-order chi connectivity index (χ1) is 44.7. The van der Waals surface area contributed by atoms with E-state index in [0.29, 0.717) is 58.0 Å². The zero-order valence-corrected chi connectivity index (χ0v) is 63.1. The lowest BCUT2D eigenvalue weighted by Gasteiger charge is -2.42. The van der Waals surface area contributed by atoms with Crippen LogP contribution in [0.25, 0.3) is 0 Å². The molecule has 0 aliphatic carbocycles. The van der Waals surface area contributed by atoms with Gasteiger partial charge in [-0.05, 0) is 130 Å². The molecule has 0 aromatic heterocycles. The summed E-state index contributed by atoms with van der Waals surface area (Å²) in [6.07, 6.45) is 2.31. The van der Waals surface area contributed by atoms with Gasteiger partial charge in [-0.2, -0.15) is 0 Å². The molecule has 2 fully saturated rings. The fourth-order valence-electron chi connectivity index (χ4n) is 11.5. The summed E-state index contributed by atoms with van der Waals surface area (Å²) in [6, 6.07) is 13.2. The molecule has 22 heteroatoms. The molecule has 6 N–H and O–H groups in total. The summed E-state index contributed by atoms with van der Waals surface area (Å²) >= 11 is 0. The molecule has 0 radical (unpaired) electrons. The molecule has 0 unspecified atom stereocenters. The van der Waals surface area contributed by atoms with Gasteiger partial charge in [0, 0.05) is 13.1 Å². The summed E-state index contributed by atoms with van der Waals surface area (Å²) in [5, 5.41) is 24.9. The molecule has 2 heterocycles.